The zero-order chi connectivity index (χ0) is 16.7. The number of benzene rings is 1. The van der Waals surface area contributed by atoms with Crippen LogP contribution in [0.15, 0.2) is 58.7 Å². The minimum absolute atomic E-state index is 0.0407. The van der Waals surface area contributed by atoms with Gasteiger partial charge >= 0.3 is 0 Å². The molecule has 0 radical (unpaired) electrons. The molecule has 1 amide bonds. The third kappa shape index (κ3) is 4.83. The molecule has 2 unspecified atom stereocenters. The molecule has 1 aromatic heterocycles. The van der Waals surface area contributed by atoms with E-state index in [0.717, 1.165) is 5.56 Å². The topological polar surface area (TPSA) is 86.3 Å². The molecule has 5 nitrogen and oxygen atoms in total. The summed E-state index contributed by atoms with van der Waals surface area (Å²) in [4.78, 5) is 12.1. The Bertz CT molecular complexity index is 700. The number of aliphatic hydroxyl groups is 1. The highest BCUT2D eigenvalue weighted by Gasteiger charge is 2.16. The third-order valence-electron chi connectivity index (χ3n) is 3.33. The smallest absolute Gasteiger partial charge is 0.262 e. The fourth-order valence-electron chi connectivity index (χ4n) is 2.17. The van der Waals surface area contributed by atoms with Gasteiger partial charge in [0, 0.05) is 12.1 Å². The van der Waals surface area contributed by atoms with E-state index in [0.29, 0.717) is 12.2 Å². The van der Waals surface area contributed by atoms with Crippen molar-refractivity contribution in [1.82, 2.24) is 5.32 Å². The zero-order valence-corrected chi connectivity index (χ0v) is 12.8. The van der Waals surface area contributed by atoms with Gasteiger partial charge in [-0.05, 0) is 31.0 Å². The molecule has 2 atom stereocenters. The SMILES string of the molecule is CC(CC(O)c1ccccc1)NC(=O)/C(C#N)=C/c1ccco1. The summed E-state index contributed by atoms with van der Waals surface area (Å²) >= 11 is 0. The highest BCUT2D eigenvalue weighted by Crippen LogP contribution is 2.18. The van der Waals surface area contributed by atoms with E-state index in [1.54, 1.807) is 19.1 Å². The van der Waals surface area contributed by atoms with Gasteiger partial charge in [0.1, 0.15) is 17.4 Å². The first kappa shape index (κ1) is 16.5. The van der Waals surface area contributed by atoms with Crippen LogP contribution in [0.1, 0.15) is 30.8 Å². The van der Waals surface area contributed by atoms with Gasteiger partial charge in [-0.25, -0.2) is 0 Å². The summed E-state index contributed by atoms with van der Waals surface area (Å²) < 4.78 is 5.10. The number of hydrogen-bond acceptors (Lipinski definition) is 4. The number of nitriles is 1. The van der Waals surface area contributed by atoms with Gasteiger partial charge in [-0.15, -0.1) is 0 Å². The molecule has 0 aliphatic heterocycles. The number of nitrogens with zero attached hydrogens (tertiary/aromatic N) is 1. The molecule has 23 heavy (non-hydrogen) atoms. The van der Waals surface area contributed by atoms with Crippen molar-refractivity contribution in [2.45, 2.75) is 25.5 Å². The third-order valence-corrected chi connectivity index (χ3v) is 3.33. The standard InChI is InChI=1S/C18H18N2O3/c1-13(10-17(21)14-6-3-2-4-7-14)20-18(22)15(12-19)11-16-8-5-9-23-16/h2-9,11,13,17,21H,10H2,1H3,(H,20,22)/b15-11+. The fraction of sp³-hybridized carbons (Fsp3) is 0.222. The Morgan fingerprint density at radius 3 is 2.70 bits per heavy atom. The molecule has 0 spiro atoms. The van der Waals surface area contributed by atoms with Crippen LogP contribution in [0.4, 0.5) is 0 Å². The molecule has 0 fully saturated rings. The summed E-state index contributed by atoms with van der Waals surface area (Å²) in [6.07, 6.45) is 2.54. The van der Waals surface area contributed by atoms with E-state index in [9.17, 15) is 9.90 Å². The van der Waals surface area contributed by atoms with Gasteiger partial charge in [-0.3, -0.25) is 4.79 Å². The van der Waals surface area contributed by atoms with E-state index in [1.165, 1.54) is 12.3 Å². The lowest BCUT2D eigenvalue weighted by Gasteiger charge is -2.18. The second-order valence-electron chi connectivity index (χ2n) is 5.22. The molecular weight excluding hydrogens is 292 g/mol. The molecule has 0 aliphatic rings. The maximum atomic E-state index is 12.1. The minimum Gasteiger partial charge on any atom is -0.465 e. The monoisotopic (exact) mass is 310 g/mol. The van der Waals surface area contributed by atoms with Crippen LogP contribution in [0.25, 0.3) is 6.08 Å². The summed E-state index contributed by atoms with van der Waals surface area (Å²) in [6.45, 7) is 1.78. The van der Waals surface area contributed by atoms with Gasteiger partial charge < -0.3 is 14.8 Å². The Labute approximate surface area is 134 Å². The van der Waals surface area contributed by atoms with Gasteiger partial charge in [-0.1, -0.05) is 30.3 Å². The van der Waals surface area contributed by atoms with Crippen molar-refractivity contribution in [1.29, 1.82) is 5.26 Å². The van der Waals surface area contributed by atoms with Crippen molar-refractivity contribution in [3.63, 3.8) is 0 Å². The second-order valence-corrected chi connectivity index (χ2v) is 5.22. The highest BCUT2D eigenvalue weighted by molar-refractivity contribution is 6.01. The Balaban J connectivity index is 1.95. The molecule has 2 aromatic rings. The van der Waals surface area contributed by atoms with Gasteiger partial charge in [0.15, 0.2) is 0 Å². The normalized spacial score (nSPS) is 13.9. The average molecular weight is 310 g/mol. The summed E-state index contributed by atoms with van der Waals surface area (Å²) in [5.41, 5.74) is 0.751. The lowest BCUT2D eigenvalue weighted by molar-refractivity contribution is -0.117. The number of carbonyl (C=O) groups is 1. The molecule has 0 bridgehead atoms. The number of carbonyl (C=O) groups excluding carboxylic acids is 1. The Morgan fingerprint density at radius 2 is 2.09 bits per heavy atom. The molecule has 1 aromatic carbocycles. The van der Waals surface area contributed by atoms with Crippen molar-refractivity contribution in [3.8, 4) is 6.07 Å². The van der Waals surface area contributed by atoms with Crippen molar-refractivity contribution in [2.75, 3.05) is 0 Å². The van der Waals surface area contributed by atoms with Crippen molar-refractivity contribution < 1.29 is 14.3 Å². The van der Waals surface area contributed by atoms with Crippen LogP contribution in [0.3, 0.4) is 0 Å². The predicted octanol–water partition coefficient (Wildman–Crippen LogP) is 2.81. The summed E-state index contributed by atoms with van der Waals surface area (Å²) in [6, 6.07) is 14.1. The quantitative estimate of drug-likeness (QED) is 0.634. The molecule has 1 heterocycles. The number of rotatable bonds is 6. The van der Waals surface area contributed by atoms with Crippen molar-refractivity contribution in [2.24, 2.45) is 0 Å². The average Bonchev–Trinajstić information content (AvgIpc) is 3.06. The van der Waals surface area contributed by atoms with Crippen LogP contribution in [0.5, 0.6) is 0 Å². The summed E-state index contributed by atoms with van der Waals surface area (Å²) in [5.74, 6) is -0.0506. The number of nitrogens with one attached hydrogen (secondary N) is 1. The highest BCUT2D eigenvalue weighted by atomic mass is 16.3. The number of furan rings is 1. The second kappa shape index (κ2) is 7.97. The van der Waals surface area contributed by atoms with Crippen LogP contribution in [-0.4, -0.2) is 17.1 Å². The Morgan fingerprint density at radius 1 is 1.35 bits per heavy atom. The Kier molecular flexibility index (Phi) is 5.73. The Hall–Kier alpha value is -2.84. The first-order valence-electron chi connectivity index (χ1n) is 7.29. The number of amides is 1. The van der Waals surface area contributed by atoms with Crippen LogP contribution < -0.4 is 5.32 Å². The summed E-state index contributed by atoms with van der Waals surface area (Å²) in [7, 11) is 0. The molecular formula is C18H18N2O3. The minimum atomic E-state index is -0.675. The lowest BCUT2D eigenvalue weighted by Crippen LogP contribution is -2.34. The van der Waals surface area contributed by atoms with Gasteiger partial charge in [0.05, 0.1) is 12.4 Å². The van der Waals surface area contributed by atoms with Gasteiger partial charge in [0.25, 0.3) is 5.91 Å². The summed E-state index contributed by atoms with van der Waals surface area (Å²) in [5, 5.41) is 22.0. The van der Waals surface area contributed by atoms with Crippen LogP contribution in [0, 0.1) is 11.3 Å². The van der Waals surface area contributed by atoms with E-state index < -0.39 is 12.0 Å². The fourth-order valence-corrected chi connectivity index (χ4v) is 2.17. The molecule has 118 valence electrons. The molecule has 5 heteroatoms. The maximum absolute atomic E-state index is 12.1. The van der Waals surface area contributed by atoms with Crippen molar-refractivity contribution in [3.05, 3.63) is 65.6 Å². The van der Waals surface area contributed by atoms with Gasteiger partial charge in [0.2, 0.25) is 0 Å². The van der Waals surface area contributed by atoms with Crippen molar-refractivity contribution >= 4 is 12.0 Å². The number of aliphatic hydroxyl groups excluding tert-OH is 1. The van der Waals surface area contributed by atoms with Gasteiger partial charge in [-0.2, -0.15) is 5.26 Å². The first-order valence-corrected chi connectivity index (χ1v) is 7.29. The predicted molar refractivity (Wildman–Crippen MR) is 85.9 cm³/mol. The molecule has 2 rings (SSSR count). The van der Waals surface area contributed by atoms with Crippen LogP contribution in [-0.2, 0) is 4.79 Å². The first-order chi connectivity index (χ1) is 11.1. The largest absolute Gasteiger partial charge is 0.465 e. The molecule has 0 saturated heterocycles. The van der Waals surface area contributed by atoms with E-state index >= 15 is 0 Å². The molecule has 0 aliphatic carbocycles. The van der Waals surface area contributed by atoms with Crippen LogP contribution in [0.2, 0.25) is 0 Å². The zero-order valence-electron chi connectivity index (χ0n) is 12.8. The molecule has 0 saturated carbocycles. The van der Waals surface area contributed by atoms with E-state index in [1.807, 2.05) is 36.4 Å². The van der Waals surface area contributed by atoms with E-state index in [2.05, 4.69) is 5.32 Å². The van der Waals surface area contributed by atoms with E-state index in [4.69, 9.17) is 9.68 Å². The lowest BCUT2D eigenvalue weighted by atomic mass is 10.0. The van der Waals surface area contributed by atoms with Crippen LogP contribution >= 0.6 is 0 Å². The maximum Gasteiger partial charge on any atom is 0.262 e. The number of hydrogen-bond donors (Lipinski definition) is 2. The van der Waals surface area contributed by atoms with E-state index in [-0.39, 0.29) is 11.6 Å². The molecule has 2 N–H and O–H groups in total.